The van der Waals surface area contributed by atoms with Gasteiger partial charge < -0.3 is 15.4 Å². The van der Waals surface area contributed by atoms with Crippen LogP contribution in [0.25, 0.3) is 0 Å². The van der Waals surface area contributed by atoms with Crippen LogP contribution in [0.5, 0.6) is 0 Å². The largest absolute Gasteiger partial charge is 0.446 e. The Morgan fingerprint density at radius 2 is 1.85 bits per heavy atom. The predicted molar refractivity (Wildman–Crippen MR) is 97.7 cm³/mol. The third-order valence-corrected chi connectivity index (χ3v) is 4.81. The number of thiophene rings is 1. The average Bonchev–Trinajstić information content (AvgIpc) is 3.28. The Morgan fingerprint density at radius 1 is 1.12 bits per heavy atom. The molecule has 1 saturated carbocycles. The molecule has 6 nitrogen and oxygen atoms in total. The lowest BCUT2D eigenvalue weighted by Gasteiger charge is -2.20. The van der Waals surface area contributed by atoms with Gasteiger partial charge in [-0.05, 0) is 31.2 Å². The topological polar surface area (TPSA) is 84.5 Å². The summed E-state index contributed by atoms with van der Waals surface area (Å²) in [5, 5.41) is 7.24. The Kier molecular flexibility index (Phi) is 5.68. The molecule has 0 radical (unpaired) electrons. The number of hydrogen-bond donors (Lipinski definition) is 2. The van der Waals surface area contributed by atoms with Crippen LogP contribution in [-0.2, 0) is 14.3 Å². The summed E-state index contributed by atoms with van der Waals surface area (Å²) in [5.41, 5.74) is 0.593. The van der Waals surface area contributed by atoms with Crippen molar-refractivity contribution >= 4 is 29.1 Å². The van der Waals surface area contributed by atoms with Gasteiger partial charge in [0.15, 0.2) is 0 Å². The Morgan fingerprint density at radius 3 is 2.46 bits per heavy atom. The molecular weight excluding hydrogens is 352 g/mol. The van der Waals surface area contributed by atoms with Crippen molar-refractivity contribution in [2.75, 3.05) is 0 Å². The summed E-state index contributed by atoms with van der Waals surface area (Å²) in [7, 11) is 0. The zero-order valence-electron chi connectivity index (χ0n) is 14.3. The van der Waals surface area contributed by atoms with Crippen molar-refractivity contribution in [3.05, 3.63) is 58.3 Å². The standard InChI is InChI=1S/C19H20N2O4S/c1-12(20-17(22)15-8-5-11-26-15)19(24)25-16(13-6-3-2-4-7-13)18(23)21-14-9-10-14/h2-8,11-12,14,16H,9-10H2,1H3,(H,20,22)(H,21,23). The van der Waals surface area contributed by atoms with Crippen LogP contribution in [0.15, 0.2) is 47.8 Å². The van der Waals surface area contributed by atoms with Crippen LogP contribution < -0.4 is 10.6 Å². The molecule has 1 aliphatic rings. The minimum absolute atomic E-state index is 0.156. The van der Waals surface area contributed by atoms with Gasteiger partial charge in [0.05, 0.1) is 4.88 Å². The molecule has 2 N–H and O–H groups in total. The molecule has 0 bridgehead atoms. The van der Waals surface area contributed by atoms with Gasteiger partial charge in [-0.2, -0.15) is 0 Å². The number of ether oxygens (including phenoxy) is 1. The van der Waals surface area contributed by atoms with Gasteiger partial charge in [0.2, 0.25) is 6.10 Å². The molecule has 0 saturated heterocycles. The van der Waals surface area contributed by atoms with Crippen molar-refractivity contribution in [3.63, 3.8) is 0 Å². The van der Waals surface area contributed by atoms with Crippen molar-refractivity contribution in [3.8, 4) is 0 Å². The van der Waals surface area contributed by atoms with Gasteiger partial charge in [0, 0.05) is 11.6 Å². The van der Waals surface area contributed by atoms with Crippen molar-refractivity contribution in [2.24, 2.45) is 0 Å². The molecule has 2 aromatic rings. The molecule has 2 amide bonds. The van der Waals surface area contributed by atoms with E-state index >= 15 is 0 Å². The normalized spacial score (nSPS) is 15.6. The Hall–Kier alpha value is -2.67. The first-order chi connectivity index (χ1) is 12.5. The van der Waals surface area contributed by atoms with Crippen LogP contribution in [0.4, 0.5) is 0 Å². The number of amides is 2. The summed E-state index contributed by atoms with van der Waals surface area (Å²) in [6.45, 7) is 1.54. The summed E-state index contributed by atoms with van der Waals surface area (Å²) in [4.78, 5) is 37.5. The van der Waals surface area contributed by atoms with Crippen LogP contribution in [0.2, 0.25) is 0 Å². The van der Waals surface area contributed by atoms with Gasteiger partial charge in [0.1, 0.15) is 6.04 Å². The average molecular weight is 372 g/mol. The number of carbonyl (C=O) groups excluding carboxylic acids is 3. The fourth-order valence-corrected chi connectivity index (χ4v) is 2.98. The quantitative estimate of drug-likeness (QED) is 0.731. The summed E-state index contributed by atoms with van der Waals surface area (Å²) in [6, 6.07) is 11.6. The van der Waals surface area contributed by atoms with Gasteiger partial charge >= 0.3 is 5.97 Å². The highest BCUT2D eigenvalue weighted by atomic mass is 32.1. The Bertz CT molecular complexity index is 772. The molecule has 3 rings (SSSR count). The summed E-state index contributed by atoms with van der Waals surface area (Å²) in [6.07, 6.45) is 0.841. The van der Waals surface area contributed by atoms with Crippen molar-refractivity contribution in [1.29, 1.82) is 0 Å². The molecule has 2 unspecified atom stereocenters. The van der Waals surface area contributed by atoms with Crippen molar-refractivity contribution < 1.29 is 19.1 Å². The van der Waals surface area contributed by atoms with Gasteiger partial charge in [0.25, 0.3) is 11.8 Å². The van der Waals surface area contributed by atoms with Crippen molar-refractivity contribution in [1.82, 2.24) is 10.6 Å². The molecule has 1 aliphatic carbocycles. The minimum atomic E-state index is -1.04. The second-order valence-electron chi connectivity index (χ2n) is 6.18. The van der Waals surface area contributed by atoms with E-state index in [4.69, 9.17) is 4.74 Å². The maximum absolute atomic E-state index is 12.5. The molecule has 26 heavy (non-hydrogen) atoms. The number of nitrogens with one attached hydrogen (secondary N) is 2. The van der Waals surface area contributed by atoms with Crippen LogP contribution in [0.3, 0.4) is 0 Å². The van der Waals surface area contributed by atoms with E-state index in [9.17, 15) is 14.4 Å². The first kappa shape index (κ1) is 18.1. The van der Waals surface area contributed by atoms with E-state index in [2.05, 4.69) is 10.6 Å². The molecular formula is C19H20N2O4S. The summed E-state index contributed by atoms with van der Waals surface area (Å²) < 4.78 is 5.44. The minimum Gasteiger partial charge on any atom is -0.446 e. The van der Waals surface area contributed by atoms with E-state index in [-0.39, 0.29) is 17.9 Å². The van der Waals surface area contributed by atoms with E-state index in [0.717, 1.165) is 12.8 Å². The second kappa shape index (κ2) is 8.14. The van der Waals surface area contributed by atoms with E-state index in [1.54, 1.807) is 41.8 Å². The first-order valence-corrected chi connectivity index (χ1v) is 9.32. The Labute approximate surface area is 155 Å². The molecule has 136 valence electrons. The highest BCUT2D eigenvalue weighted by molar-refractivity contribution is 7.12. The molecule has 1 aromatic carbocycles. The number of rotatable bonds is 7. The molecule has 1 aromatic heterocycles. The maximum atomic E-state index is 12.5. The summed E-state index contributed by atoms with van der Waals surface area (Å²) in [5.74, 6) is -1.35. The third kappa shape index (κ3) is 4.70. The highest BCUT2D eigenvalue weighted by Gasteiger charge is 2.32. The highest BCUT2D eigenvalue weighted by Crippen LogP contribution is 2.23. The van der Waals surface area contributed by atoms with Gasteiger partial charge in [-0.3, -0.25) is 9.59 Å². The molecule has 1 fully saturated rings. The molecule has 0 spiro atoms. The number of benzene rings is 1. The SMILES string of the molecule is CC(NC(=O)c1cccs1)C(=O)OC(C(=O)NC1CC1)c1ccccc1. The van der Waals surface area contributed by atoms with E-state index < -0.39 is 18.1 Å². The lowest BCUT2D eigenvalue weighted by molar-refractivity contribution is -0.158. The number of esters is 1. The third-order valence-electron chi connectivity index (χ3n) is 3.94. The second-order valence-corrected chi connectivity index (χ2v) is 7.13. The first-order valence-electron chi connectivity index (χ1n) is 8.45. The fraction of sp³-hybridized carbons (Fsp3) is 0.316. The lowest BCUT2D eigenvalue weighted by atomic mass is 10.1. The molecule has 0 aliphatic heterocycles. The number of carbonyl (C=O) groups is 3. The monoisotopic (exact) mass is 372 g/mol. The van der Waals surface area contributed by atoms with Crippen LogP contribution in [0.1, 0.15) is 41.1 Å². The number of hydrogen-bond acceptors (Lipinski definition) is 5. The van der Waals surface area contributed by atoms with E-state index in [0.29, 0.717) is 10.4 Å². The molecule has 1 heterocycles. The zero-order chi connectivity index (χ0) is 18.5. The fourth-order valence-electron chi connectivity index (χ4n) is 2.36. The smallest absolute Gasteiger partial charge is 0.329 e. The van der Waals surface area contributed by atoms with Gasteiger partial charge in [-0.25, -0.2) is 4.79 Å². The van der Waals surface area contributed by atoms with Crippen molar-refractivity contribution in [2.45, 2.75) is 38.0 Å². The van der Waals surface area contributed by atoms with Gasteiger partial charge in [-0.1, -0.05) is 36.4 Å². The van der Waals surface area contributed by atoms with E-state index in [1.165, 1.54) is 18.3 Å². The zero-order valence-corrected chi connectivity index (χ0v) is 15.1. The molecule has 7 heteroatoms. The predicted octanol–water partition coefficient (Wildman–Crippen LogP) is 2.43. The Balaban J connectivity index is 1.65. The van der Waals surface area contributed by atoms with Crippen LogP contribution in [0, 0.1) is 0 Å². The van der Waals surface area contributed by atoms with Crippen LogP contribution in [-0.4, -0.2) is 29.9 Å². The van der Waals surface area contributed by atoms with Crippen LogP contribution >= 0.6 is 11.3 Å². The summed E-state index contributed by atoms with van der Waals surface area (Å²) >= 11 is 1.29. The maximum Gasteiger partial charge on any atom is 0.329 e. The van der Waals surface area contributed by atoms with E-state index in [1.807, 2.05) is 6.07 Å². The lowest BCUT2D eigenvalue weighted by Crippen LogP contribution is -2.42. The van der Waals surface area contributed by atoms with Gasteiger partial charge in [-0.15, -0.1) is 11.3 Å². The molecule has 2 atom stereocenters.